The average Bonchev–Trinajstić information content (AvgIpc) is 2.17. The van der Waals surface area contributed by atoms with Gasteiger partial charge in [-0.05, 0) is 12.1 Å². The molecule has 0 aromatic heterocycles. The molecule has 1 aromatic rings. The van der Waals surface area contributed by atoms with E-state index >= 15 is 0 Å². The van der Waals surface area contributed by atoms with Crippen molar-refractivity contribution in [3.8, 4) is 0 Å². The Bertz CT molecular complexity index is 431. The van der Waals surface area contributed by atoms with Gasteiger partial charge in [-0.15, -0.1) is 11.6 Å². The molecule has 0 aliphatic heterocycles. The second-order valence-electron chi connectivity index (χ2n) is 3.35. The first-order valence-electron chi connectivity index (χ1n) is 4.53. The first-order chi connectivity index (χ1) is 6.96. The highest BCUT2D eigenvalue weighted by Gasteiger charge is 2.14. The first kappa shape index (κ1) is 12.3. The summed E-state index contributed by atoms with van der Waals surface area (Å²) in [6, 6.07) is 6.92. The maximum Gasteiger partial charge on any atom is 0.177 e. The molecule has 0 unspecified atom stereocenters. The van der Waals surface area contributed by atoms with Crippen molar-refractivity contribution in [3.63, 3.8) is 0 Å². The maximum atomic E-state index is 11.5. The number of benzene rings is 1. The molecule has 84 valence electrons. The fraction of sp³-hybridized carbons (Fsp3) is 0.400. The highest BCUT2D eigenvalue weighted by molar-refractivity contribution is 7.90. The molecule has 1 aromatic carbocycles. The molecule has 3 nitrogen and oxygen atoms in total. The average molecular weight is 248 g/mol. The van der Waals surface area contributed by atoms with Crippen molar-refractivity contribution >= 4 is 27.1 Å². The summed E-state index contributed by atoms with van der Waals surface area (Å²) in [5, 5.41) is 0. The van der Waals surface area contributed by atoms with Gasteiger partial charge in [-0.2, -0.15) is 0 Å². The Kier molecular flexibility index (Phi) is 3.99. The largest absolute Gasteiger partial charge is 0.372 e. The molecule has 0 atom stereocenters. The summed E-state index contributed by atoms with van der Waals surface area (Å²) < 4.78 is 23.0. The minimum atomic E-state index is -3.18. The second kappa shape index (κ2) is 4.86. The lowest BCUT2D eigenvalue weighted by Crippen LogP contribution is -2.21. The Morgan fingerprint density at radius 2 is 1.93 bits per heavy atom. The van der Waals surface area contributed by atoms with Gasteiger partial charge >= 0.3 is 0 Å². The topological polar surface area (TPSA) is 37.4 Å². The molecule has 0 saturated carbocycles. The summed E-state index contributed by atoms with van der Waals surface area (Å²) in [4.78, 5) is 2.18. The van der Waals surface area contributed by atoms with Crippen molar-refractivity contribution in [2.75, 3.05) is 30.6 Å². The van der Waals surface area contributed by atoms with Gasteiger partial charge < -0.3 is 4.90 Å². The zero-order chi connectivity index (χ0) is 11.5. The van der Waals surface area contributed by atoms with E-state index in [-0.39, 0.29) is 0 Å². The minimum absolute atomic E-state index is 0.345. The van der Waals surface area contributed by atoms with Crippen LogP contribution in [0, 0.1) is 0 Å². The van der Waals surface area contributed by atoms with Gasteiger partial charge in [-0.1, -0.05) is 12.1 Å². The Labute approximate surface area is 95.6 Å². The fourth-order valence-corrected chi connectivity index (χ4v) is 2.52. The van der Waals surface area contributed by atoms with Crippen LogP contribution in [0.15, 0.2) is 29.2 Å². The van der Waals surface area contributed by atoms with Crippen molar-refractivity contribution in [1.82, 2.24) is 0 Å². The third-order valence-corrected chi connectivity index (χ3v) is 3.41. The molecule has 0 N–H and O–H groups in total. The van der Waals surface area contributed by atoms with Crippen LogP contribution in [0.2, 0.25) is 0 Å². The Morgan fingerprint density at radius 3 is 2.47 bits per heavy atom. The molecule has 0 aliphatic rings. The van der Waals surface area contributed by atoms with E-state index in [1.54, 1.807) is 18.2 Å². The molecule has 0 saturated heterocycles. The van der Waals surface area contributed by atoms with Crippen LogP contribution < -0.4 is 4.90 Å². The van der Waals surface area contributed by atoms with E-state index < -0.39 is 9.84 Å². The lowest BCUT2D eigenvalue weighted by molar-refractivity contribution is 0.601. The van der Waals surface area contributed by atoms with Gasteiger partial charge in [0.25, 0.3) is 0 Å². The van der Waals surface area contributed by atoms with Crippen molar-refractivity contribution in [3.05, 3.63) is 24.3 Å². The Hall–Kier alpha value is -0.740. The highest BCUT2D eigenvalue weighted by Crippen LogP contribution is 2.23. The molecule has 0 amide bonds. The van der Waals surface area contributed by atoms with E-state index in [1.807, 2.05) is 18.0 Å². The first-order valence-corrected chi connectivity index (χ1v) is 6.95. The van der Waals surface area contributed by atoms with E-state index in [9.17, 15) is 8.42 Å². The predicted molar refractivity (Wildman–Crippen MR) is 63.5 cm³/mol. The van der Waals surface area contributed by atoms with E-state index in [0.717, 1.165) is 0 Å². The normalized spacial score (nSPS) is 11.4. The molecule has 0 bridgehead atoms. The van der Waals surface area contributed by atoms with Crippen molar-refractivity contribution in [1.29, 1.82) is 0 Å². The molecule has 0 spiro atoms. The standard InChI is InChI=1S/C10H14ClNO2S/c1-12(8-7-11)9-5-3-4-6-10(9)15(2,13)14/h3-6H,7-8H2,1-2H3. The van der Waals surface area contributed by atoms with Crippen molar-refractivity contribution in [2.45, 2.75) is 4.90 Å². The molecule has 5 heteroatoms. The van der Waals surface area contributed by atoms with Crippen molar-refractivity contribution in [2.24, 2.45) is 0 Å². The lowest BCUT2D eigenvalue weighted by Gasteiger charge is -2.20. The number of hydrogen-bond donors (Lipinski definition) is 0. The van der Waals surface area contributed by atoms with Crippen LogP contribution in [0.3, 0.4) is 0 Å². The molecule has 15 heavy (non-hydrogen) atoms. The quantitative estimate of drug-likeness (QED) is 0.761. The SMILES string of the molecule is CN(CCCl)c1ccccc1S(C)(=O)=O. The highest BCUT2D eigenvalue weighted by atomic mass is 35.5. The molecule has 0 fully saturated rings. The molecular formula is C10H14ClNO2S. The second-order valence-corrected chi connectivity index (χ2v) is 5.71. The number of para-hydroxylation sites is 1. The molecule has 1 rings (SSSR count). The van der Waals surface area contributed by atoms with Crippen LogP contribution in [0.4, 0.5) is 5.69 Å². The maximum absolute atomic E-state index is 11.5. The van der Waals surface area contributed by atoms with Crippen LogP contribution in [-0.4, -0.2) is 34.1 Å². The molecule has 0 heterocycles. The molecule has 0 radical (unpaired) electrons. The van der Waals surface area contributed by atoms with E-state index in [4.69, 9.17) is 11.6 Å². The summed E-state index contributed by atoms with van der Waals surface area (Å²) in [7, 11) is -1.36. The third-order valence-electron chi connectivity index (χ3n) is 2.10. The van der Waals surface area contributed by atoms with Gasteiger partial charge in [0.2, 0.25) is 0 Å². The van der Waals surface area contributed by atoms with Crippen LogP contribution in [0.1, 0.15) is 0 Å². The van der Waals surface area contributed by atoms with Crippen LogP contribution in [0.5, 0.6) is 0 Å². The van der Waals surface area contributed by atoms with Gasteiger partial charge in [-0.3, -0.25) is 0 Å². The summed E-state index contributed by atoms with van der Waals surface area (Å²) in [6.07, 6.45) is 1.21. The van der Waals surface area contributed by atoms with Crippen LogP contribution in [0.25, 0.3) is 0 Å². The number of rotatable bonds is 4. The minimum Gasteiger partial charge on any atom is -0.372 e. The Morgan fingerprint density at radius 1 is 1.33 bits per heavy atom. The summed E-state index contributed by atoms with van der Waals surface area (Å²) >= 11 is 5.62. The van der Waals surface area contributed by atoms with E-state index in [2.05, 4.69) is 0 Å². The lowest BCUT2D eigenvalue weighted by atomic mass is 10.3. The zero-order valence-corrected chi connectivity index (χ0v) is 10.3. The third kappa shape index (κ3) is 3.11. The zero-order valence-electron chi connectivity index (χ0n) is 8.77. The number of anilines is 1. The summed E-state index contributed by atoms with van der Waals surface area (Å²) in [5.41, 5.74) is 0.695. The van der Waals surface area contributed by atoms with Gasteiger partial charge in [-0.25, -0.2) is 8.42 Å². The predicted octanol–water partition coefficient (Wildman–Crippen LogP) is 1.77. The van der Waals surface area contributed by atoms with Crippen LogP contribution in [-0.2, 0) is 9.84 Å². The number of nitrogens with zero attached hydrogens (tertiary/aromatic N) is 1. The molecular weight excluding hydrogens is 234 g/mol. The number of halogens is 1. The summed E-state index contributed by atoms with van der Waals surface area (Å²) in [5.74, 6) is 0.467. The molecule has 0 aliphatic carbocycles. The van der Waals surface area contributed by atoms with E-state index in [1.165, 1.54) is 6.26 Å². The van der Waals surface area contributed by atoms with Gasteiger partial charge in [0.1, 0.15) is 0 Å². The van der Waals surface area contributed by atoms with Gasteiger partial charge in [0.15, 0.2) is 9.84 Å². The van der Waals surface area contributed by atoms with E-state index in [0.29, 0.717) is 23.0 Å². The smallest absolute Gasteiger partial charge is 0.177 e. The van der Waals surface area contributed by atoms with Crippen LogP contribution >= 0.6 is 11.6 Å². The van der Waals surface area contributed by atoms with Gasteiger partial charge in [0, 0.05) is 25.7 Å². The van der Waals surface area contributed by atoms with Gasteiger partial charge in [0.05, 0.1) is 10.6 Å². The monoisotopic (exact) mass is 247 g/mol. The van der Waals surface area contributed by atoms with Crippen molar-refractivity contribution < 1.29 is 8.42 Å². The Balaban J connectivity index is 3.18. The number of hydrogen-bond acceptors (Lipinski definition) is 3. The number of alkyl halides is 1. The summed E-state index contributed by atoms with van der Waals surface area (Å²) in [6.45, 7) is 0.619. The number of sulfone groups is 1. The fourth-order valence-electron chi connectivity index (χ4n) is 1.33.